The number of unbranched alkanes of at least 4 members (excludes halogenated alkanes) is 6. The van der Waals surface area contributed by atoms with Crippen LogP contribution >= 0.6 is 23.2 Å². The first-order valence-corrected chi connectivity index (χ1v) is 38.5. The molecule has 37 nitrogen and oxygen atoms in total. The molecule has 0 aliphatic carbocycles. The number of fused-ring (bicyclic) bond motifs is 12. The number of aliphatic carboxylic acids is 2. The Bertz CT molecular complexity index is 5260. The minimum Gasteiger partial charge on any atom is -0.508 e. The number of phenols is 4. The molecular weight excluding hydrogens is 1620 g/mol. The van der Waals surface area contributed by atoms with Crippen LogP contribution in [0.25, 0.3) is 11.1 Å². The highest BCUT2D eigenvalue weighted by Crippen LogP contribution is 2.52. The SMILES string of the molecule is CCCCCCCCCC(O)=NC1C(Oc2c3cc4cc2Oc2ccc(cc2Cl)C(O)C2N=C(O)C(N=C(O)C4N=C(O)C4N=C(O)C(Cc5ccc(cc5)O3)N=C(O)C(NC)c3ccc(O)c(c3)Oc3cc(O)c(Cl)c4c3)c3ccc(O)c(c3)-c3c(OC4OC(CO)C(O)C(O)C4O)cc(O)cc3C(C(=O)O)N=C2O)OC(C(=O)O)C(O)C1O. The summed E-state index contributed by atoms with van der Waals surface area (Å²) in [6.45, 7) is 1.09. The Balaban J connectivity index is 1.11. The second-order valence-electron chi connectivity index (χ2n) is 29.0. The average Bonchev–Trinajstić information content (AvgIpc) is 0.763. The molecule has 8 aliphatic heterocycles. The van der Waals surface area contributed by atoms with Gasteiger partial charge in [0.25, 0.3) is 0 Å². The molecule has 8 aliphatic rings. The van der Waals surface area contributed by atoms with E-state index in [2.05, 4.69) is 47.2 Å². The van der Waals surface area contributed by atoms with E-state index in [0.29, 0.717) is 18.4 Å². The number of benzene rings is 7. The van der Waals surface area contributed by atoms with Crippen LogP contribution in [0.1, 0.15) is 134 Å². The van der Waals surface area contributed by atoms with Crippen LogP contribution in [0.2, 0.25) is 10.0 Å². The van der Waals surface area contributed by atoms with Crippen LogP contribution in [0.5, 0.6) is 69.0 Å². The van der Waals surface area contributed by atoms with Crippen LogP contribution in [0.15, 0.2) is 150 Å². The first-order chi connectivity index (χ1) is 57.3. The molecule has 7 aromatic rings. The highest BCUT2D eigenvalue weighted by molar-refractivity contribution is 6.33. The molecule has 120 heavy (non-hydrogen) atoms. The van der Waals surface area contributed by atoms with E-state index in [0.717, 1.165) is 105 Å². The van der Waals surface area contributed by atoms with E-state index in [1.807, 2.05) is 0 Å². The van der Waals surface area contributed by atoms with E-state index >= 15 is 0 Å². The number of likely N-dealkylation sites (N-methyl/N-ethyl adjacent to an activating group) is 1. The molecule has 636 valence electrons. The lowest BCUT2D eigenvalue weighted by atomic mass is 9.90. The number of carboxylic acids is 2. The number of aliphatic hydroxyl groups excluding tert-OH is 14. The quantitative estimate of drug-likeness (QED) is 0.0229. The third-order valence-corrected chi connectivity index (χ3v) is 21.5. The topological polar surface area (TPSA) is 602 Å². The van der Waals surface area contributed by atoms with Gasteiger partial charge in [-0.1, -0.05) is 99.0 Å². The lowest BCUT2D eigenvalue weighted by Gasteiger charge is -2.39. The number of aromatic hydroxyl groups is 4. The molecule has 21 N–H and O–H groups in total. The molecule has 18 unspecified atom stereocenters. The molecule has 2 fully saturated rings. The van der Waals surface area contributed by atoms with Crippen LogP contribution in [0, 0.1) is 0 Å². The van der Waals surface area contributed by atoms with E-state index in [1.165, 1.54) is 49.5 Å². The van der Waals surface area contributed by atoms with Crippen LogP contribution in [-0.4, -0.2) is 242 Å². The summed E-state index contributed by atoms with van der Waals surface area (Å²) in [5.74, 6) is -18.2. The summed E-state index contributed by atoms with van der Waals surface area (Å²) in [5, 5.41) is 238. The maximum atomic E-state index is 13.8. The summed E-state index contributed by atoms with van der Waals surface area (Å²) in [6.07, 6.45) is -16.0. The maximum Gasteiger partial charge on any atom is 0.335 e. The van der Waals surface area contributed by atoms with Crippen molar-refractivity contribution < 1.29 is 145 Å². The van der Waals surface area contributed by atoms with Gasteiger partial charge in [-0.05, 0) is 114 Å². The van der Waals surface area contributed by atoms with E-state index in [-0.39, 0.29) is 41.2 Å². The molecule has 18 atom stereocenters. The Morgan fingerprint density at radius 3 is 1.86 bits per heavy atom. The van der Waals surface area contributed by atoms with Gasteiger partial charge in [-0.2, -0.15) is 0 Å². The normalized spacial score (nSPS) is 26.9. The van der Waals surface area contributed by atoms with Crippen molar-refractivity contribution in [3.8, 4) is 80.1 Å². The number of carboxylic acid groups (broad SMARTS) is 2. The summed E-state index contributed by atoms with van der Waals surface area (Å²) >= 11 is 14.2. The van der Waals surface area contributed by atoms with E-state index in [9.17, 15) is 112 Å². The van der Waals surface area contributed by atoms with Crippen molar-refractivity contribution >= 4 is 76.4 Å². The van der Waals surface area contributed by atoms with Crippen LogP contribution < -0.4 is 29.0 Å². The molecule has 0 radical (unpaired) electrons. The molecule has 0 aromatic heterocycles. The Kier molecular flexibility index (Phi) is 26.1. The number of hydrogen-bond donors (Lipinski definition) is 21. The van der Waals surface area contributed by atoms with Crippen molar-refractivity contribution in [3.05, 3.63) is 164 Å². The minimum atomic E-state index is -2.49. The van der Waals surface area contributed by atoms with Gasteiger partial charge < -0.3 is 141 Å². The van der Waals surface area contributed by atoms with E-state index < -0.39 is 265 Å². The van der Waals surface area contributed by atoms with Crippen molar-refractivity contribution in [2.24, 2.45) is 34.9 Å². The van der Waals surface area contributed by atoms with Crippen LogP contribution in [0.4, 0.5) is 0 Å². The lowest BCUT2D eigenvalue weighted by Crippen LogP contribution is -2.60. The van der Waals surface area contributed by atoms with Crippen molar-refractivity contribution in [3.63, 3.8) is 0 Å². The van der Waals surface area contributed by atoms with Crippen LogP contribution in [0.3, 0.4) is 0 Å². The number of phenolic OH excluding ortho intramolecular Hbond substituents is 4. The Hall–Kier alpha value is -11.8. The van der Waals surface area contributed by atoms with Gasteiger partial charge >= 0.3 is 11.9 Å². The largest absolute Gasteiger partial charge is 0.508 e. The number of halogens is 2. The fraction of sp³-hybridized carbons (Fsp3) is 0.370. The number of hydrogen-bond acceptors (Lipinski definition) is 28. The predicted molar refractivity (Wildman–Crippen MR) is 428 cm³/mol. The highest BCUT2D eigenvalue weighted by atomic mass is 35.5. The van der Waals surface area contributed by atoms with Crippen molar-refractivity contribution in [2.75, 3.05) is 13.7 Å². The van der Waals surface area contributed by atoms with E-state index in [4.69, 9.17) is 56.4 Å². The fourth-order valence-electron chi connectivity index (χ4n) is 14.5. The summed E-state index contributed by atoms with van der Waals surface area (Å²) in [4.78, 5) is 57.9. The third-order valence-electron chi connectivity index (χ3n) is 20.8. The van der Waals surface area contributed by atoms with Crippen molar-refractivity contribution in [1.82, 2.24) is 5.32 Å². The predicted octanol–water partition coefficient (Wildman–Crippen LogP) is 9.43. The standard InChI is InChI=1S/C81H84Cl2N8O29/c1-3-4-5-6-7-8-9-10-54(97)86-63-66(100)68(102)71(79(112)113)120-80(63)119-70-51-25-36-26-52(70)116-48-20-15-35(23-43(48)82)64(98)62-77(109)90-61(78(110)111)41-27-37(93)28-50(117-81-69(103)67(101)65(99)53(31-92)118-81)55(41)40-22-33(13-18-45(40)94)58(74(106)91-62)87-75(107)59(36)88-76(108)60-42-29-39(30-47(96)56(42)83)115-49-24-34(14-19-46(49)95)57(84-2)73(105)85-44(72(104)89-60)21-32-11-16-38(114-51)17-12-32/h11-20,22-30,44,53,57-69,71,80-81,84,92-96,98-103H,3-10,21,31H2,1-2H3,(H,85,105)(H,86,97)(H,87,107)(H,88,108)(H,89,104)(H,90,109)(H,91,106)(H,110,111)(H,112,113). The summed E-state index contributed by atoms with van der Waals surface area (Å²) < 4.78 is 44.0. The third kappa shape index (κ3) is 18.2. The molecule has 39 heteroatoms. The molecule has 0 spiro atoms. The van der Waals surface area contributed by atoms with Crippen molar-refractivity contribution in [2.45, 2.75) is 174 Å². The number of nitrogens with zero attached hydrogens (tertiary/aromatic N) is 7. The summed E-state index contributed by atoms with van der Waals surface area (Å²) in [6, 6.07) is 4.99. The number of aliphatic imine (C=N–C) groups is 7. The van der Waals surface area contributed by atoms with Gasteiger partial charge in [-0.25, -0.2) is 44.5 Å². The smallest absolute Gasteiger partial charge is 0.335 e. The van der Waals surface area contributed by atoms with Gasteiger partial charge in [0.05, 0.1) is 16.7 Å². The molecule has 2 saturated heterocycles. The molecule has 15 rings (SSSR count). The van der Waals surface area contributed by atoms with Gasteiger partial charge in [0.2, 0.25) is 53.7 Å². The maximum absolute atomic E-state index is 13.8. The van der Waals surface area contributed by atoms with Crippen LogP contribution in [-0.2, 0) is 25.5 Å². The minimum absolute atomic E-state index is 0.0848. The summed E-state index contributed by atoms with van der Waals surface area (Å²) in [7, 11) is 1.46. The molecule has 8 heterocycles. The Morgan fingerprint density at radius 2 is 1.17 bits per heavy atom. The molecule has 7 aromatic carbocycles. The first-order valence-electron chi connectivity index (χ1n) is 37.8. The number of rotatable bonds is 17. The van der Waals surface area contributed by atoms with Gasteiger partial charge in [0, 0.05) is 47.2 Å². The number of carbonyl (C=O) groups is 2. The molecular formula is C81H84Cl2N8O29. The second-order valence-corrected chi connectivity index (χ2v) is 29.8. The highest BCUT2D eigenvalue weighted by Gasteiger charge is 2.51. The molecule has 0 saturated carbocycles. The monoisotopic (exact) mass is 1700 g/mol. The number of ether oxygens (including phenoxy) is 7. The van der Waals surface area contributed by atoms with Gasteiger partial charge in [-0.3, -0.25) is 0 Å². The number of nitrogens with one attached hydrogen (secondary N) is 1. The van der Waals surface area contributed by atoms with Gasteiger partial charge in [0.15, 0.2) is 65.2 Å². The zero-order valence-corrected chi connectivity index (χ0v) is 64.9. The second kappa shape index (κ2) is 36.4. The number of aliphatic hydroxyl groups is 14. The lowest BCUT2D eigenvalue weighted by molar-refractivity contribution is -0.277. The van der Waals surface area contributed by atoms with Gasteiger partial charge in [-0.15, -0.1) is 0 Å². The molecule has 17 bridgehead atoms. The first kappa shape index (κ1) is 86.0. The van der Waals surface area contributed by atoms with Crippen molar-refractivity contribution in [1.29, 1.82) is 0 Å². The Morgan fingerprint density at radius 1 is 0.525 bits per heavy atom. The summed E-state index contributed by atoms with van der Waals surface area (Å²) in [5.41, 5.74) is -3.04. The zero-order valence-electron chi connectivity index (χ0n) is 63.4. The fourth-order valence-corrected chi connectivity index (χ4v) is 15.0. The zero-order chi connectivity index (χ0) is 86.0. The Labute approximate surface area is 690 Å². The van der Waals surface area contributed by atoms with E-state index in [1.54, 1.807) is 0 Å². The average molecular weight is 1700 g/mol. The molecule has 0 amide bonds. The van der Waals surface area contributed by atoms with Gasteiger partial charge in [0.1, 0.15) is 101 Å².